The van der Waals surface area contributed by atoms with Gasteiger partial charge < -0.3 is 4.74 Å². The SMILES string of the molecule is C=Nc1ccccc1NC(=O)OC(C)(C)C. The number of rotatable bonds is 2. The maximum absolute atomic E-state index is 11.5. The first kappa shape index (κ1) is 12.2. The summed E-state index contributed by atoms with van der Waals surface area (Å²) in [6.45, 7) is 8.86. The molecule has 0 aliphatic carbocycles. The van der Waals surface area contributed by atoms with Crippen LogP contribution in [0.4, 0.5) is 16.2 Å². The molecular weight excluding hydrogens is 204 g/mol. The Morgan fingerprint density at radius 3 is 2.56 bits per heavy atom. The van der Waals surface area contributed by atoms with Crippen molar-refractivity contribution in [2.45, 2.75) is 26.4 Å². The molecule has 0 atom stereocenters. The number of amides is 1. The summed E-state index contributed by atoms with van der Waals surface area (Å²) in [5.41, 5.74) is 0.695. The summed E-state index contributed by atoms with van der Waals surface area (Å²) in [4.78, 5) is 15.3. The van der Waals surface area contributed by atoms with E-state index in [1.807, 2.05) is 26.8 Å². The summed E-state index contributed by atoms with van der Waals surface area (Å²) in [6, 6.07) is 7.14. The van der Waals surface area contributed by atoms with Crippen molar-refractivity contribution in [3.8, 4) is 0 Å². The number of carbonyl (C=O) groups excluding carboxylic acids is 1. The Morgan fingerprint density at radius 2 is 2.00 bits per heavy atom. The Morgan fingerprint density at radius 1 is 1.38 bits per heavy atom. The van der Waals surface area contributed by atoms with E-state index in [2.05, 4.69) is 17.0 Å². The maximum Gasteiger partial charge on any atom is 0.412 e. The zero-order valence-electron chi connectivity index (χ0n) is 9.78. The normalized spacial score (nSPS) is 10.7. The van der Waals surface area contributed by atoms with Crippen LogP contribution in [0.2, 0.25) is 0 Å². The Hall–Kier alpha value is -1.84. The van der Waals surface area contributed by atoms with Gasteiger partial charge in [-0.15, -0.1) is 0 Å². The molecule has 1 aromatic rings. The molecule has 0 spiro atoms. The van der Waals surface area contributed by atoms with Gasteiger partial charge in [0.2, 0.25) is 0 Å². The summed E-state index contributed by atoms with van der Waals surface area (Å²) in [5, 5.41) is 2.62. The van der Waals surface area contributed by atoms with Crippen molar-refractivity contribution in [2.75, 3.05) is 5.32 Å². The minimum Gasteiger partial charge on any atom is -0.444 e. The van der Waals surface area contributed by atoms with Crippen LogP contribution in [0.3, 0.4) is 0 Å². The van der Waals surface area contributed by atoms with Gasteiger partial charge in [0.25, 0.3) is 0 Å². The quantitative estimate of drug-likeness (QED) is 0.777. The summed E-state index contributed by atoms with van der Waals surface area (Å²) in [5.74, 6) is 0. The van der Waals surface area contributed by atoms with Crippen molar-refractivity contribution >= 4 is 24.2 Å². The van der Waals surface area contributed by atoms with Gasteiger partial charge in [0.05, 0.1) is 11.4 Å². The highest BCUT2D eigenvalue weighted by Crippen LogP contribution is 2.24. The fraction of sp³-hybridized carbons (Fsp3) is 0.333. The molecule has 1 aromatic carbocycles. The second kappa shape index (κ2) is 4.79. The van der Waals surface area contributed by atoms with Crippen LogP contribution in [0.15, 0.2) is 29.3 Å². The highest BCUT2D eigenvalue weighted by atomic mass is 16.6. The number of nitrogens with zero attached hydrogens (tertiary/aromatic N) is 1. The van der Waals surface area contributed by atoms with E-state index in [1.54, 1.807) is 18.2 Å². The molecule has 0 saturated heterocycles. The standard InChI is InChI=1S/C12H16N2O2/c1-12(2,3)16-11(15)14-10-8-6-5-7-9(10)13-4/h5-8H,4H2,1-3H3,(H,14,15). The third-order valence-corrected chi connectivity index (χ3v) is 1.71. The average Bonchev–Trinajstić information content (AvgIpc) is 2.15. The number of nitrogens with one attached hydrogen (secondary N) is 1. The molecule has 16 heavy (non-hydrogen) atoms. The molecule has 1 rings (SSSR count). The second-order valence-electron chi connectivity index (χ2n) is 4.30. The fourth-order valence-electron chi connectivity index (χ4n) is 1.13. The minimum atomic E-state index is -0.513. The number of aliphatic imine (C=N–C) groups is 1. The van der Waals surface area contributed by atoms with Crippen molar-refractivity contribution in [2.24, 2.45) is 4.99 Å². The third kappa shape index (κ3) is 3.73. The maximum atomic E-state index is 11.5. The van der Waals surface area contributed by atoms with E-state index in [9.17, 15) is 4.79 Å². The van der Waals surface area contributed by atoms with Gasteiger partial charge in [-0.25, -0.2) is 4.79 Å². The number of ether oxygens (including phenoxy) is 1. The lowest BCUT2D eigenvalue weighted by molar-refractivity contribution is 0.0636. The van der Waals surface area contributed by atoms with Crippen molar-refractivity contribution in [3.05, 3.63) is 24.3 Å². The predicted molar refractivity (Wildman–Crippen MR) is 65.5 cm³/mol. The van der Waals surface area contributed by atoms with Crippen molar-refractivity contribution in [1.82, 2.24) is 0 Å². The van der Waals surface area contributed by atoms with E-state index < -0.39 is 11.7 Å². The van der Waals surface area contributed by atoms with Gasteiger partial charge in [-0.3, -0.25) is 10.3 Å². The van der Waals surface area contributed by atoms with Crippen molar-refractivity contribution in [3.63, 3.8) is 0 Å². The molecule has 0 radical (unpaired) electrons. The number of hydrogen-bond donors (Lipinski definition) is 1. The number of para-hydroxylation sites is 2. The molecule has 0 aliphatic rings. The van der Waals surface area contributed by atoms with E-state index in [0.717, 1.165) is 0 Å². The first-order chi connectivity index (χ1) is 7.42. The van der Waals surface area contributed by atoms with Gasteiger partial charge in [-0.05, 0) is 39.6 Å². The van der Waals surface area contributed by atoms with Gasteiger partial charge >= 0.3 is 6.09 Å². The second-order valence-corrected chi connectivity index (χ2v) is 4.30. The summed E-state index contributed by atoms with van der Waals surface area (Å²) < 4.78 is 5.13. The Balaban J connectivity index is 2.73. The molecule has 0 aromatic heterocycles. The zero-order chi connectivity index (χ0) is 12.2. The lowest BCUT2D eigenvalue weighted by atomic mass is 10.2. The number of hydrogen-bond acceptors (Lipinski definition) is 3. The largest absolute Gasteiger partial charge is 0.444 e. The molecule has 0 saturated carbocycles. The number of anilines is 1. The molecule has 86 valence electrons. The average molecular weight is 220 g/mol. The molecule has 0 heterocycles. The van der Waals surface area contributed by atoms with Crippen LogP contribution in [0.25, 0.3) is 0 Å². The Bertz CT molecular complexity index is 394. The van der Waals surface area contributed by atoms with Crippen molar-refractivity contribution in [1.29, 1.82) is 0 Å². The van der Waals surface area contributed by atoms with Gasteiger partial charge in [0.15, 0.2) is 0 Å². The topological polar surface area (TPSA) is 50.7 Å². The Kier molecular flexibility index (Phi) is 3.66. The lowest BCUT2D eigenvalue weighted by Crippen LogP contribution is -2.27. The minimum absolute atomic E-state index is 0.497. The van der Waals surface area contributed by atoms with Gasteiger partial charge in [-0.2, -0.15) is 0 Å². The van der Waals surface area contributed by atoms with Crippen LogP contribution in [-0.4, -0.2) is 18.4 Å². The monoisotopic (exact) mass is 220 g/mol. The van der Waals surface area contributed by atoms with Gasteiger partial charge in [-0.1, -0.05) is 12.1 Å². The van der Waals surface area contributed by atoms with E-state index in [0.29, 0.717) is 11.4 Å². The molecular formula is C12H16N2O2. The molecule has 4 heteroatoms. The van der Waals surface area contributed by atoms with Crippen LogP contribution in [-0.2, 0) is 4.74 Å². The van der Waals surface area contributed by atoms with E-state index in [-0.39, 0.29) is 0 Å². The first-order valence-corrected chi connectivity index (χ1v) is 4.98. The van der Waals surface area contributed by atoms with Gasteiger partial charge in [0, 0.05) is 0 Å². The summed E-state index contributed by atoms with van der Waals surface area (Å²) in [7, 11) is 0. The van der Waals surface area contributed by atoms with Crippen LogP contribution in [0.1, 0.15) is 20.8 Å². The zero-order valence-corrected chi connectivity index (χ0v) is 9.78. The lowest BCUT2D eigenvalue weighted by Gasteiger charge is -2.20. The van der Waals surface area contributed by atoms with E-state index in [1.165, 1.54) is 0 Å². The highest BCUT2D eigenvalue weighted by Gasteiger charge is 2.16. The molecule has 0 bridgehead atoms. The first-order valence-electron chi connectivity index (χ1n) is 4.98. The summed E-state index contributed by atoms with van der Waals surface area (Å²) >= 11 is 0. The van der Waals surface area contributed by atoms with Crippen molar-refractivity contribution < 1.29 is 9.53 Å². The van der Waals surface area contributed by atoms with Crippen LogP contribution in [0, 0.1) is 0 Å². The molecule has 0 fully saturated rings. The number of benzene rings is 1. The van der Waals surface area contributed by atoms with Crippen LogP contribution >= 0.6 is 0 Å². The molecule has 4 nitrogen and oxygen atoms in total. The van der Waals surface area contributed by atoms with Crippen LogP contribution in [0.5, 0.6) is 0 Å². The van der Waals surface area contributed by atoms with Gasteiger partial charge in [0.1, 0.15) is 5.60 Å². The van der Waals surface area contributed by atoms with E-state index >= 15 is 0 Å². The van der Waals surface area contributed by atoms with Crippen LogP contribution < -0.4 is 5.32 Å². The summed E-state index contributed by atoms with van der Waals surface area (Å²) in [6.07, 6.45) is -0.497. The predicted octanol–water partition coefficient (Wildman–Crippen LogP) is 3.37. The third-order valence-electron chi connectivity index (χ3n) is 1.71. The molecule has 0 unspecified atom stereocenters. The molecule has 0 aliphatic heterocycles. The smallest absolute Gasteiger partial charge is 0.412 e. The number of carbonyl (C=O) groups is 1. The molecule has 1 N–H and O–H groups in total. The molecule has 1 amide bonds. The highest BCUT2D eigenvalue weighted by molar-refractivity contribution is 5.89. The fourth-order valence-corrected chi connectivity index (χ4v) is 1.13. The Labute approximate surface area is 95.3 Å². The van der Waals surface area contributed by atoms with E-state index in [4.69, 9.17) is 4.74 Å².